The number of amides is 1. The van der Waals surface area contributed by atoms with Crippen LogP contribution in [0.3, 0.4) is 0 Å². The first-order valence-corrected chi connectivity index (χ1v) is 5.99. The van der Waals surface area contributed by atoms with E-state index in [1.54, 1.807) is 24.1 Å². The zero-order chi connectivity index (χ0) is 12.1. The quantitative estimate of drug-likeness (QED) is 0.822. The van der Waals surface area contributed by atoms with Crippen LogP contribution in [0.1, 0.15) is 10.4 Å². The Bertz CT molecular complexity index is 390. The lowest BCUT2D eigenvalue weighted by molar-refractivity contribution is 0.0796. The van der Waals surface area contributed by atoms with Crippen LogP contribution in [0.25, 0.3) is 0 Å². The Hall–Kier alpha value is -0.400. The number of likely N-dealkylation sites (N-methyl/N-ethyl adjacent to an activating group) is 2. The molecule has 0 aliphatic carbocycles. The van der Waals surface area contributed by atoms with Crippen molar-refractivity contribution in [3.05, 3.63) is 33.1 Å². The van der Waals surface area contributed by atoms with E-state index in [0.29, 0.717) is 15.7 Å². The number of carbonyl (C=O) groups is 1. The maximum absolute atomic E-state index is 13.3. The van der Waals surface area contributed by atoms with Crippen molar-refractivity contribution < 1.29 is 9.18 Å². The van der Waals surface area contributed by atoms with Crippen LogP contribution < -0.4 is 5.32 Å². The molecule has 1 aromatic rings. The van der Waals surface area contributed by atoms with E-state index in [1.165, 1.54) is 6.07 Å². The molecule has 6 heteroatoms. The predicted octanol–water partition coefficient (Wildman–Crippen LogP) is 2.14. The van der Waals surface area contributed by atoms with E-state index in [-0.39, 0.29) is 24.1 Å². The summed E-state index contributed by atoms with van der Waals surface area (Å²) in [5.41, 5.74) is 0.386. The second-order valence-corrected chi connectivity index (χ2v) is 4.62. The molecule has 17 heavy (non-hydrogen) atoms. The Balaban J connectivity index is 0.00000256. The Kier molecular flexibility index (Phi) is 7.65. The zero-order valence-corrected chi connectivity index (χ0v) is 12.6. The first-order chi connectivity index (χ1) is 7.56. The molecule has 0 fully saturated rings. The fraction of sp³-hybridized carbons (Fsp3) is 0.364. The standard InChI is InChI=1S/C11H14FIN2O.ClH/c1-14-5-6-15(2)11(16)8-3-4-10(13)9(12)7-8;/h3-4,7,14H,5-6H2,1-2H3;1H. The number of nitrogens with zero attached hydrogens (tertiary/aromatic N) is 1. The molecule has 0 heterocycles. The monoisotopic (exact) mass is 372 g/mol. The first-order valence-electron chi connectivity index (χ1n) is 4.91. The molecule has 0 radical (unpaired) electrons. The molecule has 0 unspecified atom stereocenters. The average Bonchev–Trinajstić information content (AvgIpc) is 2.28. The summed E-state index contributed by atoms with van der Waals surface area (Å²) in [7, 11) is 3.53. The summed E-state index contributed by atoms with van der Waals surface area (Å²) in [4.78, 5) is 13.4. The number of hydrogen-bond acceptors (Lipinski definition) is 2. The van der Waals surface area contributed by atoms with Crippen molar-refractivity contribution in [1.29, 1.82) is 0 Å². The molecule has 1 amide bonds. The van der Waals surface area contributed by atoms with Crippen LogP contribution >= 0.6 is 35.0 Å². The Morgan fingerprint density at radius 2 is 2.18 bits per heavy atom. The second kappa shape index (κ2) is 7.84. The molecule has 3 nitrogen and oxygen atoms in total. The third-order valence-electron chi connectivity index (χ3n) is 2.21. The lowest BCUT2D eigenvalue weighted by Gasteiger charge is -2.16. The minimum atomic E-state index is -0.353. The highest BCUT2D eigenvalue weighted by molar-refractivity contribution is 14.1. The molecular formula is C11H15ClFIN2O. The van der Waals surface area contributed by atoms with E-state index >= 15 is 0 Å². The molecule has 0 saturated heterocycles. The van der Waals surface area contributed by atoms with Crippen molar-refractivity contribution in [3.8, 4) is 0 Å². The van der Waals surface area contributed by atoms with Crippen molar-refractivity contribution in [2.75, 3.05) is 27.2 Å². The first kappa shape index (κ1) is 16.6. The van der Waals surface area contributed by atoms with E-state index in [0.717, 1.165) is 6.54 Å². The Morgan fingerprint density at radius 3 is 2.71 bits per heavy atom. The van der Waals surface area contributed by atoms with Crippen LogP contribution in [0.5, 0.6) is 0 Å². The molecule has 0 atom stereocenters. The van der Waals surface area contributed by atoms with Gasteiger partial charge in [0.25, 0.3) is 5.91 Å². The molecule has 0 aromatic heterocycles. The van der Waals surface area contributed by atoms with E-state index in [1.807, 2.05) is 29.6 Å². The SMILES string of the molecule is CNCCN(C)C(=O)c1ccc(I)c(F)c1.Cl. The summed E-state index contributed by atoms with van der Waals surface area (Å²) >= 11 is 1.89. The van der Waals surface area contributed by atoms with Gasteiger partial charge in [0.1, 0.15) is 5.82 Å². The fourth-order valence-electron chi connectivity index (χ4n) is 1.23. The average molecular weight is 373 g/mol. The third-order valence-corrected chi connectivity index (χ3v) is 3.09. The summed E-state index contributed by atoms with van der Waals surface area (Å²) in [5, 5.41) is 2.96. The van der Waals surface area contributed by atoms with E-state index in [2.05, 4.69) is 5.32 Å². The maximum atomic E-state index is 13.3. The maximum Gasteiger partial charge on any atom is 0.253 e. The molecule has 0 aliphatic rings. The van der Waals surface area contributed by atoms with Crippen LogP contribution in [-0.4, -0.2) is 38.0 Å². The molecule has 1 rings (SSSR count). The molecular weight excluding hydrogens is 357 g/mol. The van der Waals surface area contributed by atoms with Crippen LogP contribution in [0, 0.1) is 9.39 Å². The van der Waals surface area contributed by atoms with Crippen LogP contribution in [-0.2, 0) is 0 Å². The molecule has 0 bridgehead atoms. The van der Waals surface area contributed by atoms with Crippen LogP contribution in [0.2, 0.25) is 0 Å². The summed E-state index contributed by atoms with van der Waals surface area (Å²) in [6, 6.07) is 4.53. The van der Waals surface area contributed by atoms with Crippen molar-refractivity contribution in [2.24, 2.45) is 0 Å². The molecule has 0 spiro atoms. The lowest BCUT2D eigenvalue weighted by atomic mass is 10.2. The van der Waals surface area contributed by atoms with E-state index in [4.69, 9.17) is 0 Å². The van der Waals surface area contributed by atoms with Crippen LogP contribution in [0.15, 0.2) is 18.2 Å². The van der Waals surface area contributed by atoms with Gasteiger partial charge in [-0.2, -0.15) is 0 Å². The minimum absolute atomic E-state index is 0. The van der Waals surface area contributed by atoms with Gasteiger partial charge in [-0.3, -0.25) is 4.79 Å². The van der Waals surface area contributed by atoms with Gasteiger partial charge in [-0.1, -0.05) is 0 Å². The normalized spacial score (nSPS) is 9.65. The summed E-state index contributed by atoms with van der Waals surface area (Å²) in [6.45, 7) is 1.32. The van der Waals surface area contributed by atoms with Gasteiger partial charge in [0.05, 0.1) is 0 Å². The number of hydrogen-bond donors (Lipinski definition) is 1. The topological polar surface area (TPSA) is 32.3 Å². The Labute approximate surface area is 120 Å². The third kappa shape index (κ3) is 4.77. The van der Waals surface area contributed by atoms with Crippen molar-refractivity contribution in [3.63, 3.8) is 0 Å². The molecule has 1 N–H and O–H groups in total. The van der Waals surface area contributed by atoms with Gasteiger partial charge in [0.2, 0.25) is 0 Å². The van der Waals surface area contributed by atoms with Crippen molar-refractivity contribution >= 4 is 40.9 Å². The van der Waals surface area contributed by atoms with Gasteiger partial charge in [-0.25, -0.2) is 4.39 Å². The second-order valence-electron chi connectivity index (χ2n) is 3.46. The Morgan fingerprint density at radius 1 is 1.53 bits per heavy atom. The predicted molar refractivity (Wildman–Crippen MR) is 77.3 cm³/mol. The van der Waals surface area contributed by atoms with Gasteiger partial charge in [-0.05, 0) is 47.8 Å². The lowest BCUT2D eigenvalue weighted by Crippen LogP contribution is -2.32. The zero-order valence-electron chi connectivity index (χ0n) is 9.67. The van der Waals surface area contributed by atoms with Crippen molar-refractivity contribution in [2.45, 2.75) is 0 Å². The van der Waals surface area contributed by atoms with Gasteiger partial charge >= 0.3 is 0 Å². The highest BCUT2D eigenvalue weighted by atomic mass is 127. The number of nitrogens with one attached hydrogen (secondary N) is 1. The molecule has 0 aliphatic heterocycles. The largest absolute Gasteiger partial charge is 0.340 e. The number of carbonyl (C=O) groups excluding carboxylic acids is 1. The van der Waals surface area contributed by atoms with Gasteiger partial charge < -0.3 is 10.2 Å². The van der Waals surface area contributed by atoms with Gasteiger partial charge in [-0.15, -0.1) is 12.4 Å². The number of rotatable bonds is 4. The van der Waals surface area contributed by atoms with Crippen molar-refractivity contribution in [1.82, 2.24) is 10.2 Å². The number of benzene rings is 1. The highest BCUT2D eigenvalue weighted by Gasteiger charge is 2.12. The molecule has 96 valence electrons. The highest BCUT2D eigenvalue weighted by Crippen LogP contribution is 2.13. The smallest absolute Gasteiger partial charge is 0.253 e. The summed E-state index contributed by atoms with van der Waals surface area (Å²) in [6.07, 6.45) is 0. The molecule has 1 aromatic carbocycles. The molecule has 0 saturated carbocycles. The summed E-state index contributed by atoms with van der Waals surface area (Å²) < 4.78 is 13.8. The number of halogens is 3. The minimum Gasteiger partial charge on any atom is -0.340 e. The van der Waals surface area contributed by atoms with Crippen LogP contribution in [0.4, 0.5) is 4.39 Å². The van der Waals surface area contributed by atoms with Gasteiger partial charge in [0, 0.05) is 29.3 Å². The summed E-state index contributed by atoms with van der Waals surface area (Å²) in [5.74, 6) is -0.515. The van der Waals surface area contributed by atoms with E-state index in [9.17, 15) is 9.18 Å². The fourth-order valence-corrected chi connectivity index (χ4v) is 1.57. The van der Waals surface area contributed by atoms with Gasteiger partial charge in [0.15, 0.2) is 0 Å². The van der Waals surface area contributed by atoms with E-state index < -0.39 is 0 Å².